The molecule has 0 saturated carbocycles. The molecule has 0 radical (unpaired) electrons. The summed E-state index contributed by atoms with van der Waals surface area (Å²) in [7, 11) is 0. The summed E-state index contributed by atoms with van der Waals surface area (Å²) in [5.74, 6) is -3.12. The van der Waals surface area contributed by atoms with Crippen molar-refractivity contribution >= 4 is 45.8 Å². The number of amides is 1. The van der Waals surface area contributed by atoms with Crippen LogP contribution in [0.25, 0.3) is 6.08 Å². The fourth-order valence-corrected chi connectivity index (χ4v) is 3.13. The van der Waals surface area contributed by atoms with E-state index in [0.717, 1.165) is 10.5 Å². The normalized spacial score (nSPS) is 11.7. The van der Waals surface area contributed by atoms with Gasteiger partial charge in [0.2, 0.25) is 6.10 Å². The second-order valence-electron chi connectivity index (χ2n) is 7.13. The largest absolute Gasteiger partial charge is 0.481 e. The number of halogens is 1. The van der Waals surface area contributed by atoms with E-state index < -0.39 is 29.9 Å². The van der Waals surface area contributed by atoms with Crippen molar-refractivity contribution in [3.8, 4) is 0 Å². The highest BCUT2D eigenvalue weighted by molar-refractivity contribution is 9.10. The molecule has 0 aliphatic carbocycles. The smallest absolute Gasteiger partial charge is 0.339 e. The van der Waals surface area contributed by atoms with Gasteiger partial charge in [0.1, 0.15) is 0 Å². The third-order valence-corrected chi connectivity index (χ3v) is 5.10. The number of nitrogens with one attached hydrogen (secondary N) is 1. The van der Waals surface area contributed by atoms with Crippen LogP contribution in [0.5, 0.6) is 0 Å². The zero-order valence-electron chi connectivity index (χ0n) is 17.7. The number of carbonyl (C=O) groups excluding carboxylic acids is 2. The van der Waals surface area contributed by atoms with Gasteiger partial charge in [0.05, 0.1) is 5.56 Å². The minimum Gasteiger partial charge on any atom is -0.481 e. The maximum absolute atomic E-state index is 12.8. The van der Waals surface area contributed by atoms with Crippen molar-refractivity contribution in [2.75, 3.05) is 6.54 Å². The van der Waals surface area contributed by atoms with Gasteiger partial charge in [0.15, 0.2) is 0 Å². The zero-order valence-corrected chi connectivity index (χ0v) is 19.3. The summed E-state index contributed by atoms with van der Waals surface area (Å²) in [6.45, 7) is 0.327. The quantitative estimate of drug-likeness (QED) is 0.218. The molecule has 0 aromatic heterocycles. The van der Waals surface area contributed by atoms with Crippen molar-refractivity contribution in [1.29, 1.82) is 0 Å². The molecule has 2 aromatic rings. The fraction of sp³-hybridized carbons (Fsp3) is 0.250. The monoisotopic (exact) mass is 517 g/mol. The molecule has 1 amide bonds. The first-order valence-electron chi connectivity index (χ1n) is 10.2. The maximum atomic E-state index is 12.8. The molecule has 0 aliphatic rings. The number of unbranched alkanes of at least 4 members (excludes halogenated alkanes) is 2. The Kier molecular flexibility index (Phi) is 10.3. The number of ether oxygens (including phenoxy) is 1. The lowest BCUT2D eigenvalue weighted by Gasteiger charge is -2.18. The minimum atomic E-state index is -1.17. The van der Waals surface area contributed by atoms with Crippen LogP contribution in [0.1, 0.15) is 53.3 Å². The Labute approximate surface area is 199 Å². The lowest BCUT2D eigenvalue weighted by atomic mass is 10.1. The lowest BCUT2D eigenvalue weighted by Crippen LogP contribution is -2.33. The molecule has 0 bridgehead atoms. The van der Waals surface area contributed by atoms with Crippen LogP contribution in [0.2, 0.25) is 0 Å². The van der Waals surface area contributed by atoms with E-state index in [1.807, 2.05) is 0 Å². The molecule has 0 aliphatic heterocycles. The minimum absolute atomic E-state index is 0.0813. The molecule has 33 heavy (non-hydrogen) atoms. The number of benzene rings is 2. The number of rotatable bonds is 12. The number of hydrogen-bond acceptors (Lipinski definition) is 5. The van der Waals surface area contributed by atoms with Crippen LogP contribution >= 0.6 is 15.9 Å². The molecule has 8 nitrogen and oxygen atoms in total. The van der Waals surface area contributed by atoms with Gasteiger partial charge in [-0.3, -0.25) is 9.59 Å². The summed E-state index contributed by atoms with van der Waals surface area (Å²) in [6.07, 6.45) is 3.07. The van der Waals surface area contributed by atoms with Crippen LogP contribution in [0.4, 0.5) is 0 Å². The Morgan fingerprint density at radius 1 is 0.939 bits per heavy atom. The molecular weight excluding hydrogens is 494 g/mol. The topological polar surface area (TPSA) is 130 Å². The third-order valence-electron chi connectivity index (χ3n) is 4.57. The second kappa shape index (κ2) is 13.2. The highest BCUT2D eigenvalue weighted by atomic mass is 79.9. The predicted molar refractivity (Wildman–Crippen MR) is 125 cm³/mol. The van der Waals surface area contributed by atoms with E-state index in [-0.39, 0.29) is 12.0 Å². The summed E-state index contributed by atoms with van der Waals surface area (Å²) >= 11 is 3.33. The molecule has 1 atom stereocenters. The Hall–Kier alpha value is -3.46. The van der Waals surface area contributed by atoms with E-state index in [1.54, 1.807) is 36.4 Å². The van der Waals surface area contributed by atoms with Gasteiger partial charge in [-0.05, 0) is 48.7 Å². The molecule has 0 heterocycles. The standard InChI is InChI=1S/C24H24BrNO7/c25-19-12-10-17(11-13-19)22(23(31)26-15-3-1-2-4-20(27)28)33-24(32)18-8-5-16(6-9-18)7-14-21(29)30/h5-14,22H,1-4,15H2,(H,26,31)(H,27,28)(H,29,30). The summed E-state index contributed by atoms with van der Waals surface area (Å²) < 4.78 is 6.32. The molecule has 9 heteroatoms. The molecule has 0 saturated heterocycles. The van der Waals surface area contributed by atoms with Gasteiger partial charge < -0.3 is 20.3 Å². The van der Waals surface area contributed by atoms with Gasteiger partial charge in [0.25, 0.3) is 5.91 Å². The first-order chi connectivity index (χ1) is 15.8. The summed E-state index contributed by atoms with van der Waals surface area (Å²) in [5, 5.41) is 20.1. The third kappa shape index (κ3) is 9.28. The predicted octanol–water partition coefficient (Wildman–Crippen LogP) is 4.21. The van der Waals surface area contributed by atoms with Gasteiger partial charge in [-0.25, -0.2) is 9.59 Å². The molecular formula is C24H24BrNO7. The summed E-state index contributed by atoms with van der Waals surface area (Å²) in [5.41, 5.74) is 1.31. The van der Waals surface area contributed by atoms with Gasteiger partial charge in [-0.1, -0.05) is 46.6 Å². The van der Waals surface area contributed by atoms with Crippen LogP contribution in [-0.4, -0.2) is 40.6 Å². The summed E-state index contributed by atoms with van der Waals surface area (Å²) in [6, 6.07) is 12.9. The van der Waals surface area contributed by atoms with Crippen LogP contribution < -0.4 is 5.32 Å². The highest BCUT2D eigenvalue weighted by Gasteiger charge is 2.25. The molecule has 174 valence electrons. The van der Waals surface area contributed by atoms with Crippen LogP contribution in [0.15, 0.2) is 59.1 Å². The van der Waals surface area contributed by atoms with E-state index in [1.165, 1.54) is 18.2 Å². The first-order valence-corrected chi connectivity index (χ1v) is 11.0. The molecule has 1 unspecified atom stereocenters. The van der Waals surface area contributed by atoms with Crippen molar-refractivity contribution in [1.82, 2.24) is 5.32 Å². The van der Waals surface area contributed by atoms with Crippen LogP contribution in [0, 0.1) is 0 Å². The number of carboxylic acid groups (broad SMARTS) is 2. The van der Waals surface area contributed by atoms with Crippen LogP contribution in [0.3, 0.4) is 0 Å². The van der Waals surface area contributed by atoms with Gasteiger partial charge >= 0.3 is 17.9 Å². The Bertz CT molecular complexity index is 1000. The molecule has 0 fully saturated rings. The molecule has 2 aromatic carbocycles. The first kappa shape index (κ1) is 25.8. The fourth-order valence-electron chi connectivity index (χ4n) is 2.87. The SMILES string of the molecule is O=C(O)C=Cc1ccc(C(=O)OC(C(=O)NCCCCCC(=O)O)c2ccc(Br)cc2)cc1. The number of esters is 1. The van der Waals surface area contributed by atoms with Gasteiger partial charge in [0, 0.05) is 29.1 Å². The van der Waals surface area contributed by atoms with Crippen molar-refractivity contribution < 1.29 is 34.1 Å². The molecule has 3 N–H and O–H groups in total. The van der Waals surface area contributed by atoms with E-state index in [9.17, 15) is 19.2 Å². The number of aliphatic carboxylic acids is 2. The Balaban J connectivity index is 2.05. The second-order valence-corrected chi connectivity index (χ2v) is 8.04. The van der Waals surface area contributed by atoms with Crippen molar-refractivity contribution in [3.63, 3.8) is 0 Å². The number of hydrogen-bond donors (Lipinski definition) is 3. The Morgan fingerprint density at radius 2 is 1.61 bits per heavy atom. The van der Waals surface area contributed by atoms with Crippen molar-refractivity contribution in [2.45, 2.75) is 31.8 Å². The number of carbonyl (C=O) groups is 4. The highest BCUT2D eigenvalue weighted by Crippen LogP contribution is 2.22. The molecule has 0 spiro atoms. The average molecular weight is 518 g/mol. The van der Waals surface area contributed by atoms with Crippen molar-refractivity contribution in [2.24, 2.45) is 0 Å². The van der Waals surface area contributed by atoms with Crippen LogP contribution in [-0.2, 0) is 19.1 Å². The Morgan fingerprint density at radius 3 is 2.21 bits per heavy atom. The molecule has 2 rings (SSSR count). The average Bonchev–Trinajstić information content (AvgIpc) is 2.79. The van der Waals surface area contributed by atoms with E-state index in [2.05, 4.69) is 21.2 Å². The van der Waals surface area contributed by atoms with E-state index in [0.29, 0.717) is 36.9 Å². The van der Waals surface area contributed by atoms with Gasteiger partial charge in [-0.15, -0.1) is 0 Å². The van der Waals surface area contributed by atoms with E-state index in [4.69, 9.17) is 14.9 Å². The zero-order chi connectivity index (χ0) is 24.2. The summed E-state index contributed by atoms with van der Waals surface area (Å²) in [4.78, 5) is 46.6. The maximum Gasteiger partial charge on any atom is 0.339 e. The van der Waals surface area contributed by atoms with Crippen molar-refractivity contribution in [3.05, 3.63) is 75.8 Å². The number of carboxylic acids is 2. The lowest BCUT2D eigenvalue weighted by molar-refractivity contribution is -0.137. The van der Waals surface area contributed by atoms with E-state index >= 15 is 0 Å². The van der Waals surface area contributed by atoms with Gasteiger partial charge in [-0.2, -0.15) is 0 Å².